The van der Waals surface area contributed by atoms with E-state index < -0.39 is 11.4 Å². The third-order valence-electron chi connectivity index (χ3n) is 6.32. The lowest BCUT2D eigenvalue weighted by atomic mass is 9.75. The number of hydrogen-bond acceptors (Lipinski definition) is 6. The maximum atomic E-state index is 13.1. The van der Waals surface area contributed by atoms with E-state index in [0.717, 1.165) is 43.3 Å². The molecule has 7 nitrogen and oxygen atoms in total. The molecule has 1 fully saturated rings. The highest BCUT2D eigenvalue weighted by molar-refractivity contribution is 5.94. The fourth-order valence-electron chi connectivity index (χ4n) is 4.73. The van der Waals surface area contributed by atoms with Crippen molar-refractivity contribution in [3.05, 3.63) is 71.6 Å². The van der Waals surface area contributed by atoms with Gasteiger partial charge in [-0.25, -0.2) is 29.1 Å². The minimum Gasteiger partial charge on any atom is -0.451 e. The van der Waals surface area contributed by atoms with Crippen LogP contribution in [0.25, 0.3) is 22.7 Å². The van der Waals surface area contributed by atoms with Crippen molar-refractivity contribution in [3.63, 3.8) is 0 Å². The normalized spacial score (nSPS) is 22.6. The topological polar surface area (TPSA) is 93.7 Å². The number of nitrogens with one attached hydrogen (secondary N) is 1. The molecule has 0 radical (unpaired) electrons. The summed E-state index contributed by atoms with van der Waals surface area (Å²) in [6.07, 6.45) is 6.01. The van der Waals surface area contributed by atoms with Crippen molar-refractivity contribution in [3.8, 4) is 11.5 Å². The number of rotatable bonds is 2. The number of carbonyl (C=O) groups is 1. The second kappa shape index (κ2) is 6.66. The van der Waals surface area contributed by atoms with E-state index in [0.29, 0.717) is 28.2 Å². The second-order valence-electron chi connectivity index (χ2n) is 8.11. The van der Waals surface area contributed by atoms with Gasteiger partial charge in [0.15, 0.2) is 11.5 Å². The number of halogens is 1. The number of esters is 1. The molecule has 1 aromatic carbocycles. The van der Waals surface area contributed by atoms with Crippen molar-refractivity contribution in [2.24, 2.45) is 0 Å². The zero-order chi connectivity index (χ0) is 21.0. The van der Waals surface area contributed by atoms with Crippen molar-refractivity contribution < 1.29 is 13.9 Å². The molecule has 31 heavy (non-hydrogen) atoms. The van der Waals surface area contributed by atoms with Crippen LogP contribution >= 0.6 is 0 Å². The first-order valence-corrected chi connectivity index (χ1v) is 10.3. The minimum absolute atomic E-state index is 0.221. The van der Waals surface area contributed by atoms with E-state index >= 15 is 0 Å². The highest BCUT2D eigenvalue weighted by atomic mass is 19.1. The summed E-state index contributed by atoms with van der Waals surface area (Å²) in [4.78, 5) is 33.2. The number of nitrogens with zero attached hydrogens (tertiary/aromatic N) is 4. The van der Waals surface area contributed by atoms with E-state index in [1.54, 1.807) is 12.3 Å². The molecule has 0 bridgehead atoms. The van der Waals surface area contributed by atoms with Crippen LogP contribution < -0.4 is 0 Å². The highest BCUT2D eigenvalue weighted by Gasteiger charge is 2.47. The fourth-order valence-corrected chi connectivity index (χ4v) is 4.73. The van der Waals surface area contributed by atoms with E-state index in [-0.39, 0.29) is 11.9 Å². The van der Waals surface area contributed by atoms with Gasteiger partial charge in [0, 0.05) is 11.5 Å². The first-order valence-electron chi connectivity index (χ1n) is 10.3. The van der Waals surface area contributed by atoms with Gasteiger partial charge < -0.3 is 9.72 Å². The summed E-state index contributed by atoms with van der Waals surface area (Å²) in [5, 5.41) is 0. The summed E-state index contributed by atoms with van der Waals surface area (Å²) >= 11 is 0. The Bertz CT molecular complexity index is 1310. The summed E-state index contributed by atoms with van der Waals surface area (Å²) in [7, 11) is 0. The van der Waals surface area contributed by atoms with Crippen LogP contribution in [0.5, 0.6) is 0 Å². The fraction of sp³-hybridized carbons (Fsp3) is 0.261. The lowest BCUT2D eigenvalue weighted by molar-refractivity contribution is -0.0312. The number of carbonyl (C=O) groups excluding carboxylic acids is 1. The van der Waals surface area contributed by atoms with Gasteiger partial charge >= 0.3 is 5.97 Å². The molecule has 1 spiro atoms. The molecule has 0 unspecified atom stereocenters. The number of hydrogen-bond donors (Lipinski definition) is 1. The molecule has 4 aromatic rings. The smallest absolute Gasteiger partial charge is 0.339 e. The van der Waals surface area contributed by atoms with Crippen LogP contribution in [0, 0.1) is 5.82 Å². The molecule has 3 aromatic heterocycles. The summed E-state index contributed by atoms with van der Waals surface area (Å²) in [6.45, 7) is 0. The SMILES string of the molecule is O=C1OC2(CCC(c3nc4cnc(-c5ccc(F)cn5)nc4[nH]3)CC2)c2ccccc21. The largest absolute Gasteiger partial charge is 0.451 e. The number of imidazole rings is 1. The highest BCUT2D eigenvalue weighted by Crippen LogP contribution is 2.49. The molecule has 0 amide bonds. The quantitative estimate of drug-likeness (QED) is 0.491. The number of benzene rings is 1. The average molecular weight is 415 g/mol. The van der Waals surface area contributed by atoms with E-state index in [1.807, 2.05) is 24.3 Å². The molecule has 4 heterocycles. The van der Waals surface area contributed by atoms with Gasteiger partial charge in [-0.2, -0.15) is 0 Å². The first kappa shape index (κ1) is 18.1. The van der Waals surface area contributed by atoms with Gasteiger partial charge in [0.05, 0.1) is 18.0 Å². The van der Waals surface area contributed by atoms with Crippen molar-refractivity contribution in [1.29, 1.82) is 0 Å². The zero-order valence-corrected chi connectivity index (χ0v) is 16.5. The Balaban J connectivity index is 1.25. The maximum Gasteiger partial charge on any atom is 0.339 e. The summed E-state index contributed by atoms with van der Waals surface area (Å²) in [5.41, 5.74) is 2.98. The Morgan fingerprint density at radius 3 is 2.68 bits per heavy atom. The van der Waals surface area contributed by atoms with Crippen LogP contribution in [0.1, 0.15) is 53.3 Å². The van der Waals surface area contributed by atoms with E-state index in [9.17, 15) is 9.18 Å². The molecule has 2 aliphatic rings. The minimum atomic E-state index is -0.516. The van der Waals surface area contributed by atoms with Crippen molar-refractivity contribution in [1.82, 2.24) is 24.9 Å². The molecule has 154 valence electrons. The predicted octanol–water partition coefficient (Wildman–Crippen LogP) is 4.28. The van der Waals surface area contributed by atoms with E-state index in [4.69, 9.17) is 9.72 Å². The third kappa shape index (κ3) is 2.90. The Hall–Kier alpha value is -3.68. The van der Waals surface area contributed by atoms with Gasteiger partial charge in [-0.3, -0.25) is 0 Å². The number of pyridine rings is 1. The van der Waals surface area contributed by atoms with Crippen molar-refractivity contribution in [2.45, 2.75) is 37.2 Å². The summed E-state index contributed by atoms with van der Waals surface area (Å²) in [6, 6.07) is 10.6. The number of aromatic amines is 1. The van der Waals surface area contributed by atoms with Crippen LogP contribution in [-0.4, -0.2) is 30.9 Å². The van der Waals surface area contributed by atoms with Crippen molar-refractivity contribution in [2.75, 3.05) is 0 Å². The molecule has 8 heteroatoms. The Kier molecular flexibility index (Phi) is 3.89. The van der Waals surface area contributed by atoms with Crippen LogP contribution in [-0.2, 0) is 10.3 Å². The molecule has 1 N–H and O–H groups in total. The molecule has 1 aliphatic heterocycles. The lowest BCUT2D eigenvalue weighted by Crippen LogP contribution is -2.31. The molecule has 6 rings (SSSR count). The number of ether oxygens (including phenoxy) is 1. The second-order valence-corrected chi connectivity index (χ2v) is 8.11. The Labute approximate surface area is 176 Å². The van der Waals surface area contributed by atoms with Crippen LogP contribution in [0.3, 0.4) is 0 Å². The number of fused-ring (bicyclic) bond motifs is 3. The van der Waals surface area contributed by atoms with Gasteiger partial charge in [0.2, 0.25) is 0 Å². The molecule has 0 saturated heterocycles. The molecular weight excluding hydrogens is 397 g/mol. The van der Waals surface area contributed by atoms with Crippen LogP contribution in [0.2, 0.25) is 0 Å². The Morgan fingerprint density at radius 1 is 1.03 bits per heavy atom. The van der Waals surface area contributed by atoms with Gasteiger partial charge in [-0.1, -0.05) is 18.2 Å². The monoisotopic (exact) mass is 415 g/mol. The average Bonchev–Trinajstić information content (AvgIpc) is 3.34. The predicted molar refractivity (Wildman–Crippen MR) is 110 cm³/mol. The third-order valence-corrected chi connectivity index (χ3v) is 6.32. The van der Waals surface area contributed by atoms with E-state index in [1.165, 1.54) is 6.07 Å². The molecule has 1 aliphatic carbocycles. The van der Waals surface area contributed by atoms with Gasteiger partial charge in [0.25, 0.3) is 0 Å². The molecule has 1 saturated carbocycles. The number of H-pyrrole nitrogens is 1. The van der Waals surface area contributed by atoms with Gasteiger partial charge in [-0.05, 0) is 43.9 Å². The molecule has 0 atom stereocenters. The lowest BCUT2D eigenvalue weighted by Gasteiger charge is -2.35. The summed E-state index contributed by atoms with van der Waals surface area (Å²) < 4.78 is 19.0. The van der Waals surface area contributed by atoms with E-state index in [2.05, 4.69) is 19.9 Å². The Morgan fingerprint density at radius 2 is 1.87 bits per heavy atom. The van der Waals surface area contributed by atoms with Gasteiger partial charge in [-0.15, -0.1) is 0 Å². The number of aromatic nitrogens is 5. The van der Waals surface area contributed by atoms with Crippen molar-refractivity contribution >= 4 is 17.1 Å². The van der Waals surface area contributed by atoms with Crippen LogP contribution in [0.4, 0.5) is 4.39 Å². The summed E-state index contributed by atoms with van der Waals surface area (Å²) in [5.74, 6) is 0.869. The zero-order valence-electron chi connectivity index (χ0n) is 16.5. The molecular formula is C23H18FN5O2. The standard InChI is InChI=1S/C23H18FN5O2/c24-14-5-6-17(25-11-14)20-26-12-18-21(29-20)28-19(27-18)13-7-9-23(10-8-13)16-4-2-1-3-15(16)22(30)31-23/h1-6,11-13H,7-10H2,(H,26,27,28,29). The van der Waals surface area contributed by atoms with Crippen LogP contribution in [0.15, 0.2) is 48.8 Å². The van der Waals surface area contributed by atoms with Gasteiger partial charge in [0.1, 0.15) is 28.5 Å². The maximum absolute atomic E-state index is 13.1. The first-order chi connectivity index (χ1) is 15.1.